The molecule has 0 aliphatic carbocycles. The van der Waals surface area contributed by atoms with Crippen LogP contribution in [0.15, 0.2) is 58.1 Å². The molecule has 1 saturated heterocycles. The number of nitrogens with zero attached hydrogens (tertiary/aromatic N) is 3. The predicted octanol–water partition coefficient (Wildman–Crippen LogP) is 3.03. The molecule has 0 atom stereocenters. The van der Waals surface area contributed by atoms with Gasteiger partial charge < -0.3 is 0 Å². The lowest BCUT2D eigenvalue weighted by atomic mass is 10.1. The first-order valence-electron chi connectivity index (χ1n) is 9.17. The molecule has 1 heterocycles. The van der Waals surface area contributed by atoms with Crippen LogP contribution in [0.25, 0.3) is 0 Å². The number of hydrogen-bond donors (Lipinski definition) is 1. The van der Waals surface area contributed by atoms with Crippen LogP contribution >= 0.6 is 15.9 Å². The molecule has 1 N–H and O–H groups in total. The first kappa shape index (κ1) is 19.7. The van der Waals surface area contributed by atoms with E-state index in [0.29, 0.717) is 6.54 Å². The van der Waals surface area contributed by atoms with Crippen LogP contribution in [0, 0.1) is 6.92 Å². The fourth-order valence-corrected chi connectivity index (χ4v) is 3.44. The standard InChI is InChI=1S/C21H25BrN4O/c1-17-6-8-18(9-7-17)15-25-10-12-26(13-11-25)16-21(27)24-23-14-19-4-2-3-5-20(19)22/h2-9,14H,10-13,15-16H2,1H3,(H,24,27). The SMILES string of the molecule is Cc1ccc(CN2CCN(CC(=O)NN=Cc3ccccc3Br)CC2)cc1. The highest BCUT2D eigenvalue weighted by Crippen LogP contribution is 2.13. The minimum Gasteiger partial charge on any atom is -0.297 e. The highest BCUT2D eigenvalue weighted by Gasteiger charge is 2.18. The monoisotopic (exact) mass is 428 g/mol. The summed E-state index contributed by atoms with van der Waals surface area (Å²) in [5.74, 6) is -0.0784. The van der Waals surface area contributed by atoms with Crippen LogP contribution in [0.3, 0.4) is 0 Å². The fourth-order valence-electron chi connectivity index (χ4n) is 3.05. The molecule has 0 unspecified atom stereocenters. The van der Waals surface area contributed by atoms with Crippen molar-refractivity contribution in [2.75, 3.05) is 32.7 Å². The summed E-state index contributed by atoms with van der Waals surface area (Å²) in [5.41, 5.74) is 6.18. The van der Waals surface area contributed by atoms with Crippen LogP contribution in [-0.4, -0.2) is 54.6 Å². The van der Waals surface area contributed by atoms with E-state index in [4.69, 9.17) is 0 Å². The van der Waals surface area contributed by atoms with E-state index in [9.17, 15) is 4.79 Å². The van der Waals surface area contributed by atoms with Gasteiger partial charge >= 0.3 is 0 Å². The van der Waals surface area contributed by atoms with Crippen molar-refractivity contribution in [3.8, 4) is 0 Å². The van der Waals surface area contributed by atoms with Gasteiger partial charge in [0, 0.05) is 42.8 Å². The number of carbonyl (C=O) groups is 1. The van der Waals surface area contributed by atoms with Crippen LogP contribution in [0.5, 0.6) is 0 Å². The van der Waals surface area contributed by atoms with Gasteiger partial charge in [-0.1, -0.05) is 64.0 Å². The molecule has 1 aliphatic heterocycles. The number of hydrazone groups is 1. The number of halogens is 1. The molecule has 0 aromatic heterocycles. The average molecular weight is 429 g/mol. The summed E-state index contributed by atoms with van der Waals surface area (Å²) >= 11 is 3.46. The number of benzene rings is 2. The lowest BCUT2D eigenvalue weighted by Crippen LogP contribution is -2.48. The van der Waals surface area contributed by atoms with Crippen LogP contribution in [0.4, 0.5) is 0 Å². The topological polar surface area (TPSA) is 47.9 Å². The third kappa shape index (κ3) is 6.27. The van der Waals surface area contributed by atoms with E-state index in [0.717, 1.165) is 42.8 Å². The Bertz CT molecular complexity index is 783. The minimum atomic E-state index is -0.0784. The Morgan fingerprint density at radius 3 is 2.44 bits per heavy atom. The Morgan fingerprint density at radius 1 is 1.07 bits per heavy atom. The molecule has 27 heavy (non-hydrogen) atoms. The van der Waals surface area contributed by atoms with Gasteiger partial charge in [-0.15, -0.1) is 0 Å². The molecule has 1 aliphatic rings. The molecule has 6 heteroatoms. The zero-order valence-electron chi connectivity index (χ0n) is 15.6. The van der Waals surface area contributed by atoms with E-state index in [-0.39, 0.29) is 5.91 Å². The number of rotatable bonds is 6. The third-order valence-corrected chi connectivity index (χ3v) is 5.38. The van der Waals surface area contributed by atoms with Gasteiger partial charge in [0.15, 0.2) is 0 Å². The number of piperazine rings is 1. The molecule has 142 valence electrons. The molecule has 1 amide bonds. The van der Waals surface area contributed by atoms with Crippen LogP contribution in [-0.2, 0) is 11.3 Å². The molecule has 0 radical (unpaired) electrons. The highest BCUT2D eigenvalue weighted by atomic mass is 79.9. The van der Waals surface area contributed by atoms with E-state index < -0.39 is 0 Å². The van der Waals surface area contributed by atoms with Gasteiger partial charge in [-0.2, -0.15) is 5.10 Å². The van der Waals surface area contributed by atoms with Gasteiger partial charge in [-0.05, 0) is 18.6 Å². The van der Waals surface area contributed by atoms with Gasteiger partial charge in [-0.3, -0.25) is 14.6 Å². The largest absolute Gasteiger partial charge is 0.297 e. The maximum Gasteiger partial charge on any atom is 0.254 e. The van der Waals surface area contributed by atoms with Crippen molar-refractivity contribution in [3.63, 3.8) is 0 Å². The molecule has 0 bridgehead atoms. The zero-order chi connectivity index (χ0) is 19.1. The summed E-state index contributed by atoms with van der Waals surface area (Å²) in [6.07, 6.45) is 1.65. The molecule has 2 aromatic carbocycles. The van der Waals surface area contributed by atoms with Crippen LogP contribution in [0.1, 0.15) is 16.7 Å². The molecular weight excluding hydrogens is 404 g/mol. The summed E-state index contributed by atoms with van der Waals surface area (Å²) in [5, 5.41) is 4.05. The molecule has 0 spiro atoms. The van der Waals surface area contributed by atoms with Gasteiger partial charge in [0.05, 0.1) is 12.8 Å². The second-order valence-corrected chi connectivity index (χ2v) is 7.71. The van der Waals surface area contributed by atoms with E-state index in [2.05, 4.69) is 67.4 Å². The third-order valence-electron chi connectivity index (χ3n) is 4.66. The van der Waals surface area contributed by atoms with Crippen molar-refractivity contribution < 1.29 is 4.79 Å². The van der Waals surface area contributed by atoms with Gasteiger partial charge in [0.25, 0.3) is 5.91 Å². The van der Waals surface area contributed by atoms with E-state index >= 15 is 0 Å². The first-order valence-corrected chi connectivity index (χ1v) is 9.96. The van der Waals surface area contributed by atoms with Crippen LogP contribution < -0.4 is 5.43 Å². The molecule has 2 aromatic rings. The van der Waals surface area contributed by atoms with E-state index in [1.54, 1.807) is 6.21 Å². The van der Waals surface area contributed by atoms with E-state index in [1.165, 1.54) is 11.1 Å². The van der Waals surface area contributed by atoms with Crippen molar-refractivity contribution in [1.29, 1.82) is 0 Å². The van der Waals surface area contributed by atoms with Crippen molar-refractivity contribution in [1.82, 2.24) is 15.2 Å². The lowest BCUT2D eigenvalue weighted by molar-refractivity contribution is -0.122. The Hall–Kier alpha value is -2.02. The maximum absolute atomic E-state index is 12.1. The first-order chi connectivity index (χ1) is 13.1. The number of amides is 1. The lowest BCUT2D eigenvalue weighted by Gasteiger charge is -2.34. The number of carbonyl (C=O) groups excluding carboxylic acids is 1. The van der Waals surface area contributed by atoms with Gasteiger partial charge in [-0.25, -0.2) is 5.43 Å². The quantitative estimate of drug-likeness (QED) is 0.568. The van der Waals surface area contributed by atoms with Gasteiger partial charge in [0.1, 0.15) is 0 Å². The van der Waals surface area contributed by atoms with Crippen molar-refractivity contribution >= 4 is 28.1 Å². The van der Waals surface area contributed by atoms with Crippen LogP contribution in [0.2, 0.25) is 0 Å². The average Bonchev–Trinajstić information content (AvgIpc) is 2.67. The molecule has 3 rings (SSSR count). The predicted molar refractivity (Wildman–Crippen MR) is 113 cm³/mol. The van der Waals surface area contributed by atoms with Crippen molar-refractivity contribution in [2.45, 2.75) is 13.5 Å². The molecule has 0 saturated carbocycles. The summed E-state index contributed by atoms with van der Waals surface area (Å²) < 4.78 is 0.952. The summed E-state index contributed by atoms with van der Waals surface area (Å²) in [4.78, 5) is 16.7. The Labute approximate surface area is 169 Å². The normalized spacial score (nSPS) is 15.9. The Kier molecular flexibility index (Phi) is 7.15. The van der Waals surface area contributed by atoms with Crippen molar-refractivity contribution in [3.05, 3.63) is 69.7 Å². The maximum atomic E-state index is 12.1. The number of nitrogens with one attached hydrogen (secondary N) is 1. The number of aryl methyl sites for hydroxylation is 1. The Balaban J connectivity index is 1.39. The second-order valence-electron chi connectivity index (χ2n) is 6.85. The smallest absolute Gasteiger partial charge is 0.254 e. The minimum absolute atomic E-state index is 0.0784. The van der Waals surface area contributed by atoms with Crippen molar-refractivity contribution in [2.24, 2.45) is 5.10 Å². The highest BCUT2D eigenvalue weighted by molar-refractivity contribution is 9.10. The number of hydrogen-bond acceptors (Lipinski definition) is 4. The summed E-state index contributed by atoms with van der Waals surface area (Å²) in [6, 6.07) is 16.5. The summed E-state index contributed by atoms with van der Waals surface area (Å²) in [7, 11) is 0. The fraction of sp³-hybridized carbons (Fsp3) is 0.333. The Morgan fingerprint density at radius 2 is 1.74 bits per heavy atom. The second kappa shape index (κ2) is 9.78. The molecule has 1 fully saturated rings. The molecular formula is C21H25BrN4O. The van der Waals surface area contributed by atoms with E-state index in [1.807, 2.05) is 24.3 Å². The van der Waals surface area contributed by atoms with Gasteiger partial charge in [0.2, 0.25) is 0 Å². The summed E-state index contributed by atoms with van der Waals surface area (Å²) in [6.45, 7) is 7.20. The zero-order valence-corrected chi connectivity index (χ0v) is 17.2. The molecule has 5 nitrogen and oxygen atoms in total.